The van der Waals surface area contributed by atoms with Crippen LogP contribution in [0.3, 0.4) is 0 Å². The zero-order chi connectivity index (χ0) is 62.4. The van der Waals surface area contributed by atoms with Crippen LogP contribution in [0.1, 0.15) is 318 Å². The van der Waals surface area contributed by atoms with Crippen molar-refractivity contribution in [1.29, 1.82) is 0 Å². The number of hydrogen-bond acceptors (Lipinski definition) is 15. The molecule has 498 valence electrons. The molecule has 0 saturated heterocycles. The number of carbonyl (C=O) groups is 4. The van der Waals surface area contributed by atoms with Crippen molar-refractivity contribution < 1.29 is 80.2 Å². The highest BCUT2D eigenvalue weighted by atomic mass is 31.2. The summed E-state index contributed by atoms with van der Waals surface area (Å²) in [6.07, 6.45) is 37.7. The van der Waals surface area contributed by atoms with Gasteiger partial charge >= 0.3 is 39.5 Å². The van der Waals surface area contributed by atoms with E-state index >= 15 is 0 Å². The molecular weight excluding hydrogens is 1110 g/mol. The smallest absolute Gasteiger partial charge is 0.462 e. The van der Waals surface area contributed by atoms with E-state index in [1.807, 2.05) is 0 Å². The number of esters is 4. The topological polar surface area (TPSA) is 237 Å². The van der Waals surface area contributed by atoms with Gasteiger partial charge in [-0.3, -0.25) is 37.3 Å². The summed E-state index contributed by atoms with van der Waals surface area (Å²) in [5.74, 6) is 0.0725. The quantitative estimate of drug-likeness (QED) is 0.0222. The van der Waals surface area contributed by atoms with Crippen LogP contribution in [0.2, 0.25) is 0 Å². The lowest BCUT2D eigenvalue weighted by Gasteiger charge is -2.21. The number of phosphoric ester groups is 2. The monoisotopic (exact) mass is 1240 g/mol. The second kappa shape index (κ2) is 56.3. The molecular formula is C65H126O17P2. The number of unbranched alkanes of at least 4 members (excludes halogenated alkanes) is 30. The molecule has 0 radical (unpaired) electrons. The number of phosphoric acid groups is 2. The van der Waals surface area contributed by atoms with E-state index in [0.717, 1.165) is 115 Å². The fourth-order valence-electron chi connectivity index (χ4n) is 9.62. The predicted octanol–water partition coefficient (Wildman–Crippen LogP) is 17.9. The Labute approximate surface area is 511 Å². The van der Waals surface area contributed by atoms with E-state index in [0.29, 0.717) is 31.6 Å². The number of aliphatic hydroxyl groups is 1. The van der Waals surface area contributed by atoms with Crippen molar-refractivity contribution >= 4 is 39.5 Å². The fraction of sp³-hybridized carbons (Fsp3) is 0.938. The van der Waals surface area contributed by atoms with Crippen molar-refractivity contribution in [3.05, 3.63) is 0 Å². The maximum absolute atomic E-state index is 13.0. The van der Waals surface area contributed by atoms with Crippen LogP contribution in [0.4, 0.5) is 0 Å². The Balaban J connectivity index is 5.22. The van der Waals surface area contributed by atoms with Crippen molar-refractivity contribution in [3.8, 4) is 0 Å². The average Bonchev–Trinajstić information content (AvgIpc) is 3.52. The molecule has 0 saturated carbocycles. The van der Waals surface area contributed by atoms with Gasteiger partial charge in [0.25, 0.3) is 0 Å². The molecule has 0 aromatic rings. The number of carbonyl (C=O) groups excluding carboxylic acids is 4. The minimum absolute atomic E-state index is 0.102. The Morgan fingerprint density at radius 3 is 0.905 bits per heavy atom. The van der Waals surface area contributed by atoms with E-state index in [1.165, 1.54) is 116 Å². The van der Waals surface area contributed by atoms with Gasteiger partial charge in [0.15, 0.2) is 12.2 Å². The van der Waals surface area contributed by atoms with Gasteiger partial charge in [-0.15, -0.1) is 0 Å². The van der Waals surface area contributed by atoms with Crippen molar-refractivity contribution in [3.63, 3.8) is 0 Å². The SMILES string of the molecule is CCCCCCCCCCC(=O)OC[C@H](COP(=O)(O)OC[C@H](O)COP(=O)(O)OC[C@@H](COC(=O)CCCCCCCCCC(C)C)OC(=O)CCCCCCCCCCCCCCCC(C)C)OC(=O)CCCCCCCCC(C)CC. The number of ether oxygens (including phenoxy) is 4. The van der Waals surface area contributed by atoms with Crippen LogP contribution in [0.15, 0.2) is 0 Å². The number of hydrogen-bond donors (Lipinski definition) is 3. The second-order valence-corrected chi connectivity index (χ2v) is 27.6. The maximum Gasteiger partial charge on any atom is 0.472 e. The van der Waals surface area contributed by atoms with Gasteiger partial charge in [0.1, 0.15) is 19.3 Å². The summed E-state index contributed by atoms with van der Waals surface area (Å²) in [4.78, 5) is 72.2. The minimum Gasteiger partial charge on any atom is -0.462 e. The van der Waals surface area contributed by atoms with Crippen LogP contribution in [0.25, 0.3) is 0 Å². The molecule has 0 aliphatic heterocycles. The molecule has 0 spiro atoms. The molecule has 0 aromatic carbocycles. The van der Waals surface area contributed by atoms with Crippen LogP contribution >= 0.6 is 15.6 Å². The summed E-state index contributed by atoms with van der Waals surface area (Å²) in [5, 5.41) is 10.5. The largest absolute Gasteiger partial charge is 0.472 e. The molecule has 0 heterocycles. The van der Waals surface area contributed by atoms with Crippen LogP contribution in [0.5, 0.6) is 0 Å². The zero-order valence-electron chi connectivity index (χ0n) is 54.4. The van der Waals surface area contributed by atoms with Gasteiger partial charge < -0.3 is 33.8 Å². The van der Waals surface area contributed by atoms with Gasteiger partial charge in [-0.25, -0.2) is 9.13 Å². The first-order chi connectivity index (χ1) is 40.3. The van der Waals surface area contributed by atoms with Gasteiger partial charge in [0.05, 0.1) is 26.4 Å². The first-order valence-corrected chi connectivity index (χ1v) is 36.9. The highest BCUT2D eigenvalue weighted by Crippen LogP contribution is 2.45. The van der Waals surface area contributed by atoms with Crippen molar-refractivity contribution in [2.45, 2.75) is 336 Å². The third kappa shape index (κ3) is 57.8. The van der Waals surface area contributed by atoms with E-state index in [9.17, 15) is 43.2 Å². The van der Waals surface area contributed by atoms with Crippen LogP contribution in [0, 0.1) is 17.8 Å². The average molecular weight is 1240 g/mol. The van der Waals surface area contributed by atoms with E-state index < -0.39 is 97.5 Å². The third-order valence-corrected chi connectivity index (χ3v) is 17.1. The molecule has 84 heavy (non-hydrogen) atoms. The summed E-state index contributed by atoms with van der Waals surface area (Å²) in [6.45, 7) is 11.7. The molecule has 0 aliphatic carbocycles. The van der Waals surface area contributed by atoms with E-state index in [4.69, 9.17) is 37.0 Å². The predicted molar refractivity (Wildman–Crippen MR) is 335 cm³/mol. The lowest BCUT2D eigenvalue weighted by atomic mass is 10.00. The van der Waals surface area contributed by atoms with Crippen molar-refractivity contribution in [1.82, 2.24) is 0 Å². The standard InChI is InChI=1S/C65H126O17P2/c1-8-10-11-12-13-24-32-39-46-62(67)75-53-61(82-65(70)49-42-35-28-27-31-38-45-58(7)9-2)55-80-84(73,74)78-51-59(66)50-77-83(71,72)79-54-60(52-76-63(68)47-40-33-26-21-23-30-37-44-57(5)6)81-64(69)48-41-34-25-20-18-16-14-15-17-19-22-29-36-43-56(3)4/h56-61,66H,8-55H2,1-7H3,(H,71,72)(H,73,74)/t58?,59-,60-,61-/m1/s1. The lowest BCUT2D eigenvalue weighted by molar-refractivity contribution is -0.161. The Morgan fingerprint density at radius 1 is 0.345 bits per heavy atom. The molecule has 0 aliphatic rings. The highest BCUT2D eigenvalue weighted by Gasteiger charge is 2.30. The molecule has 0 amide bonds. The summed E-state index contributed by atoms with van der Waals surface area (Å²) < 4.78 is 68.0. The number of aliphatic hydroxyl groups excluding tert-OH is 1. The molecule has 3 unspecified atom stereocenters. The van der Waals surface area contributed by atoms with Crippen LogP contribution in [-0.4, -0.2) is 96.7 Å². The van der Waals surface area contributed by atoms with Crippen LogP contribution in [-0.2, 0) is 65.4 Å². The van der Waals surface area contributed by atoms with E-state index in [2.05, 4.69) is 48.5 Å². The first-order valence-electron chi connectivity index (χ1n) is 33.9. The molecule has 0 fully saturated rings. The maximum atomic E-state index is 13.0. The van der Waals surface area contributed by atoms with Gasteiger partial charge in [0, 0.05) is 25.7 Å². The Hall–Kier alpha value is -1.94. The molecule has 0 bridgehead atoms. The molecule has 3 N–H and O–H groups in total. The van der Waals surface area contributed by atoms with Crippen molar-refractivity contribution in [2.75, 3.05) is 39.6 Å². The third-order valence-electron chi connectivity index (χ3n) is 15.2. The zero-order valence-corrected chi connectivity index (χ0v) is 56.1. The van der Waals surface area contributed by atoms with Crippen molar-refractivity contribution in [2.24, 2.45) is 17.8 Å². The summed E-state index contributed by atoms with van der Waals surface area (Å²) in [5.41, 5.74) is 0. The Kier molecular flexibility index (Phi) is 55.0. The Bertz CT molecular complexity index is 1670. The first kappa shape index (κ1) is 82.1. The van der Waals surface area contributed by atoms with E-state index in [1.54, 1.807) is 0 Å². The molecule has 6 atom stereocenters. The molecule has 0 rings (SSSR count). The minimum atomic E-state index is -4.95. The summed E-state index contributed by atoms with van der Waals surface area (Å²) in [6, 6.07) is 0. The van der Waals surface area contributed by atoms with Crippen LogP contribution < -0.4 is 0 Å². The van der Waals surface area contributed by atoms with Gasteiger partial charge in [-0.1, -0.05) is 267 Å². The summed E-state index contributed by atoms with van der Waals surface area (Å²) in [7, 11) is -9.89. The normalized spacial score (nSPS) is 14.7. The highest BCUT2D eigenvalue weighted by molar-refractivity contribution is 7.47. The molecule has 0 aromatic heterocycles. The lowest BCUT2D eigenvalue weighted by Crippen LogP contribution is -2.30. The summed E-state index contributed by atoms with van der Waals surface area (Å²) >= 11 is 0. The molecule has 19 heteroatoms. The molecule has 17 nitrogen and oxygen atoms in total. The number of rotatable bonds is 63. The van der Waals surface area contributed by atoms with Gasteiger partial charge in [-0.2, -0.15) is 0 Å². The fourth-order valence-corrected chi connectivity index (χ4v) is 11.2. The van der Waals surface area contributed by atoms with Gasteiger partial charge in [-0.05, 0) is 43.4 Å². The van der Waals surface area contributed by atoms with Gasteiger partial charge in [0.2, 0.25) is 0 Å². The Morgan fingerprint density at radius 2 is 0.607 bits per heavy atom. The van der Waals surface area contributed by atoms with E-state index in [-0.39, 0.29) is 25.7 Å². The second-order valence-electron chi connectivity index (χ2n) is 24.7.